The number of rotatable bonds is 3. The Morgan fingerprint density at radius 2 is 2.11 bits per heavy atom. The highest BCUT2D eigenvalue weighted by Gasteiger charge is 2.25. The van der Waals surface area contributed by atoms with Gasteiger partial charge in [-0.1, -0.05) is 43.4 Å². The minimum atomic E-state index is 0.517. The molecule has 1 aromatic carbocycles. The molecule has 0 aliphatic carbocycles. The van der Waals surface area contributed by atoms with Crippen LogP contribution in [0, 0.1) is 17.8 Å². The first-order chi connectivity index (χ1) is 9.33. The van der Waals surface area contributed by atoms with Crippen LogP contribution in [0.5, 0.6) is 0 Å². The Hall–Kier alpha value is -1.30. The Balaban J connectivity index is 1.90. The van der Waals surface area contributed by atoms with Crippen molar-refractivity contribution in [3.63, 3.8) is 0 Å². The number of likely N-dealkylation sites (tertiary alicyclic amines) is 1. The van der Waals surface area contributed by atoms with E-state index in [1.54, 1.807) is 0 Å². The predicted molar refractivity (Wildman–Crippen MR) is 80.8 cm³/mol. The molecular weight excluding hydrogens is 232 g/mol. The van der Waals surface area contributed by atoms with Gasteiger partial charge in [0.25, 0.3) is 0 Å². The largest absolute Gasteiger partial charge is 0.329 e. The molecule has 0 spiro atoms. The van der Waals surface area contributed by atoms with Crippen LogP contribution in [0.25, 0.3) is 0 Å². The van der Waals surface area contributed by atoms with Gasteiger partial charge in [-0.05, 0) is 37.4 Å². The summed E-state index contributed by atoms with van der Waals surface area (Å²) in [7, 11) is 0. The quantitative estimate of drug-likeness (QED) is 0.842. The molecule has 1 aromatic rings. The van der Waals surface area contributed by atoms with E-state index in [-0.39, 0.29) is 0 Å². The smallest absolute Gasteiger partial charge is 0.0608 e. The standard InChI is InChI=1S/C17H24N2/c1-2-15-10-12-19(17(13-15)14-18)11-6-9-16-7-4-3-5-8-16/h3-5,7-8,15,17H,2,10-14,18H2,1H3. The second kappa shape index (κ2) is 7.33. The van der Waals surface area contributed by atoms with Crippen molar-refractivity contribution in [3.05, 3.63) is 35.9 Å². The lowest BCUT2D eigenvalue weighted by molar-refractivity contribution is 0.130. The van der Waals surface area contributed by atoms with Crippen LogP contribution in [0.15, 0.2) is 30.3 Å². The molecule has 0 saturated carbocycles. The van der Waals surface area contributed by atoms with Crippen LogP contribution in [0.4, 0.5) is 0 Å². The maximum Gasteiger partial charge on any atom is 0.0608 e. The lowest BCUT2D eigenvalue weighted by Crippen LogP contribution is -2.46. The third-order valence-electron chi connectivity index (χ3n) is 4.08. The molecule has 1 heterocycles. The van der Waals surface area contributed by atoms with E-state index in [0.717, 1.165) is 31.1 Å². The van der Waals surface area contributed by atoms with Gasteiger partial charge in [0, 0.05) is 18.2 Å². The minimum absolute atomic E-state index is 0.517. The lowest BCUT2D eigenvalue weighted by atomic mass is 9.89. The van der Waals surface area contributed by atoms with Crippen molar-refractivity contribution in [1.29, 1.82) is 0 Å². The number of hydrogen-bond donors (Lipinski definition) is 1. The third kappa shape index (κ3) is 4.09. The molecule has 1 saturated heterocycles. The molecular formula is C17H24N2. The van der Waals surface area contributed by atoms with Gasteiger partial charge >= 0.3 is 0 Å². The van der Waals surface area contributed by atoms with Crippen molar-refractivity contribution >= 4 is 0 Å². The average Bonchev–Trinajstić information content (AvgIpc) is 2.48. The van der Waals surface area contributed by atoms with Gasteiger partial charge in [0.05, 0.1) is 6.54 Å². The van der Waals surface area contributed by atoms with E-state index in [4.69, 9.17) is 5.73 Å². The molecule has 0 aromatic heterocycles. The summed E-state index contributed by atoms with van der Waals surface area (Å²) in [6.45, 7) is 5.02. The topological polar surface area (TPSA) is 29.3 Å². The van der Waals surface area contributed by atoms with E-state index in [2.05, 4.69) is 35.8 Å². The summed E-state index contributed by atoms with van der Waals surface area (Å²) >= 11 is 0. The molecule has 2 unspecified atom stereocenters. The minimum Gasteiger partial charge on any atom is -0.329 e. The highest BCUT2D eigenvalue weighted by Crippen LogP contribution is 2.24. The van der Waals surface area contributed by atoms with Crippen molar-refractivity contribution in [1.82, 2.24) is 4.90 Å². The second-order valence-corrected chi connectivity index (χ2v) is 5.33. The Morgan fingerprint density at radius 3 is 2.79 bits per heavy atom. The van der Waals surface area contributed by atoms with Crippen LogP contribution < -0.4 is 5.73 Å². The van der Waals surface area contributed by atoms with Gasteiger partial charge in [-0.2, -0.15) is 0 Å². The van der Waals surface area contributed by atoms with Gasteiger partial charge in [-0.25, -0.2) is 0 Å². The van der Waals surface area contributed by atoms with Gasteiger partial charge in [-0.15, -0.1) is 0 Å². The van der Waals surface area contributed by atoms with Crippen LogP contribution in [-0.2, 0) is 0 Å². The fourth-order valence-electron chi connectivity index (χ4n) is 2.77. The zero-order chi connectivity index (χ0) is 13.5. The molecule has 2 atom stereocenters. The molecule has 0 bridgehead atoms. The fraction of sp³-hybridized carbons (Fsp3) is 0.529. The van der Waals surface area contributed by atoms with Crippen molar-refractivity contribution in [2.75, 3.05) is 19.6 Å². The highest BCUT2D eigenvalue weighted by atomic mass is 15.2. The second-order valence-electron chi connectivity index (χ2n) is 5.33. The highest BCUT2D eigenvalue weighted by molar-refractivity contribution is 5.33. The Morgan fingerprint density at radius 1 is 1.32 bits per heavy atom. The summed E-state index contributed by atoms with van der Waals surface area (Å²) in [5, 5.41) is 0. The van der Waals surface area contributed by atoms with E-state index in [1.165, 1.54) is 19.3 Å². The van der Waals surface area contributed by atoms with Crippen LogP contribution in [0.1, 0.15) is 31.7 Å². The Labute approximate surface area is 117 Å². The summed E-state index contributed by atoms with van der Waals surface area (Å²) in [6.07, 6.45) is 3.81. The number of hydrogen-bond acceptors (Lipinski definition) is 2. The van der Waals surface area contributed by atoms with Crippen molar-refractivity contribution in [2.45, 2.75) is 32.2 Å². The van der Waals surface area contributed by atoms with Gasteiger partial charge < -0.3 is 5.73 Å². The summed E-state index contributed by atoms with van der Waals surface area (Å²) in [6, 6.07) is 10.7. The molecule has 2 N–H and O–H groups in total. The molecule has 2 rings (SSSR count). The molecule has 19 heavy (non-hydrogen) atoms. The molecule has 102 valence electrons. The normalized spacial score (nSPS) is 23.7. The van der Waals surface area contributed by atoms with Gasteiger partial charge in [-0.3, -0.25) is 4.90 Å². The molecule has 1 fully saturated rings. The van der Waals surface area contributed by atoms with Crippen LogP contribution in [-0.4, -0.2) is 30.6 Å². The van der Waals surface area contributed by atoms with Crippen LogP contribution in [0.3, 0.4) is 0 Å². The maximum atomic E-state index is 5.90. The summed E-state index contributed by atoms with van der Waals surface area (Å²) in [5.41, 5.74) is 7.00. The van der Waals surface area contributed by atoms with Gasteiger partial charge in [0.1, 0.15) is 0 Å². The number of nitrogens with two attached hydrogens (primary N) is 1. The van der Waals surface area contributed by atoms with Crippen LogP contribution >= 0.6 is 0 Å². The van der Waals surface area contributed by atoms with Crippen LogP contribution in [0.2, 0.25) is 0 Å². The van der Waals surface area contributed by atoms with Crippen molar-refractivity contribution in [2.24, 2.45) is 11.7 Å². The lowest BCUT2D eigenvalue weighted by Gasteiger charge is -2.37. The predicted octanol–water partition coefficient (Wildman–Crippen LogP) is 2.49. The molecule has 1 aliphatic rings. The SMILES string of the molecule is CCC1CCN(CC#Cc2ccccc2)C(CN)C1. The van der Waals surface area contributed by atoms with Gasteiger partial charge in [0.2, 0.25) is 0 Å². The van der Waals surface area contributed by atoms with E-state index >= 15 is 0 Å². The Bertz CT molecular complexity index is 430. The summed E-state index contributed by atoms with van der Waals surface area (Å²) in [5.74, 6) is 7.37. The van der Waals surface area contributed by atoms with Gasteiger partial charge in [0.15, 0.2) is 0 Å². The molecule has 2 nitrogen and oxygen atoms in total. The maximum absolute atomic E-state index is 5.90. The Kier molecular flexibility index (Phi) is 5.44. The monoisotopic (exact) mass is 256 g/mol. The molecule has 0 amide bonds. The first-order valence-corrected chi connectivity index (χ1v) is 7.31. The average molecular weight is 256 g/mol. The molecule has 1 aliphatic heterocycles. The third-order valence-corrected chi connectivity index (χ3v) is 4.08. The van der Waals surface area contributed by atoms with E-state index < -0.39 is 0 Å². The number of piperidine rings is 1. The summed E-state index contributed by atoms with van der Waals surface area (Å²) in [4.78, 5) is 2.45. The number of benzene rings is 1. The zero-order valence-electron chi connectivity index (χ0n) is 11.8. The van der Waals surface area contributed by atoms with Crippen molar-refractivity contribution in [3.8, 4) is 11.8 Å². The zero-order valence-corrected chi connectivity index (χ0v) is 11.8. The first kappa shape index (κ1) is 14.1. The van der Waals surface area contributed by atoms with E-state index in [1.807, 2.05) is 18.2 Å². The number of nitrogens with zero attached hydrogens (tertiary/aromatic N) is 1. The van der Waals surface area contributed by atoms with Crippen molar-refractivity contribution < 1.29 is 0 Å². The first-order valence-electron chi connectivity index (χ1n) is 7.31. The fourth-order valence-corrected chi connectivity index (χ4v) is 2.77. The van der Waals surface area contributed by atoms with E-state index in [9.17, 15) is 0 Å². The molecule has 0 radical (unpaired) electrons. The van der Waals surface area contributed by atoms with E-state index in [0.29, 0.717) is 6.04 Å². The molecule has 2 heteroatoms. The summed E-state index contributed by atoms with van der Waals surface area (Å²) < 4.78 is 0.